The Morgan fingerprint density at radius 3 is 2.59 bits per heavy atom. The third-order valence-corrected chi connectivity index (χ3v) is 4.13. The SMILES string of the molecule is O=C(COC(=O)c1cc2cc(Cl)ccc2o1)NCCc1ccc(OC(F)F)cc1. The van der Waals surface area contributed by atoms with Crippen LogP contribution in [0.15, 0.2) is 52.9 Å². The van der Waals surface area contributed by atoms with Crippen LogP contribution in [0.5, 0.6) is 5.75 Å². The molecule has 1 aromatic heterocycles. The van der Waals surface area contributed by atoms with E-state index in [1.807, 2.05) is 0 Å². The van der Waals surface area contributed by atoms with Crippen LogP contribution in [0.3, 0.4) is 0 Å². The van der Waals surface area contributed by atoms with Gasteiger partial charge in [0.2, 0.25) is 5.76 Å². The number of nitrogens with one attached hydrogen (secondary N) is 1. The smallest absolute Gasteiger partial charge is 0.387 e. The second-order valence-electron chi connectivity index (χ2n) is 5.99. The standard InChI is InChI=1S/C20H16ClF2NO5/c21-14-3-6-16-13(9-14)10-17(29-16)19(26)27-11-18(25)24-8-7-12-1-4-15(5-2-12)28-20(22)23/h1-6,9-10,20H,7-8,11H2,(H,24,25). The van der Waals surface area contributed by atoms with Crippen molar-refractivity contribution in [2.75, 3.05) is 13.2 Å². The molecule has 6 nitrogen and oxygen atoms in total. The van der Waals surface area contributed by atoms with Gasteiger partial charge in [-0.15, -0.1) is 0 Å². The highest BCUT2D eigenvalue weighted by molar-refractivity contribution is 6.31. The van der Waals surface area contributed by atoms with Crippen molar-refractivity contribution in [2.45, 2.75) is 13.0 Å². The molecule has 0 aliphatic carbocycles. The average molecular weight is 424 g/mol. The summed E-state index contributed by atoms with van der Waals surface area (Å²) in [7, 11) is 0. The molecule has 1 heterocycles. The van der Waals surface area contributed by atoms with Crippen LogP contribution in [0.1, 0.15) is 16.1 Å². The first-order valence-electron chi connectivity index (χ1n) is 8.57. The summed E-state index contributed by atoms with van der Waals surface area (Å²) in [6.07, 6.45) is 0.471. The maximum Gasteiger partial charge on any atom is 0.387 e. The fourth-order valence-corrected chi connectivity index (χ4v) is 2.73. The molecule has 0 aliphatic rings. The topological polar surface area (TPSA) is 77.8 Å². The van der Waals surface area contributed by atoms with E-state index in [1.165, 1.54) is 18.2 Å². The van der Waals surface area contributed by atoms with Crippen molar-refractivity contribution in [3.05, 3.63) is 64.9 Å². The number of furan rings is 1. The number of ether oxygens (including phenoxy) is 2. The van der Waals surface area contributed by atoms with Crippen LogP contribution >= 0.6 is 11.6 Å². The van der Waals surface area contributed by atoms with E-state index in [4.69, 9.17) is 20.8 Å². The second-order valence-corrected chi connectivity index (χ2v) is 6.43. The van der Waals surface area contributed by atoms with Crippen LogP contribution in [-0.2, 0) is 16.0 Å². The highest BCUT2D eigenvalue weighted by atomic mass is 35.5. The Bertz CT molecular complexity index is 1000. The molecule has 2 aromatic carbocycles. The lowest BCUT2D eigenvalue weighted by atomic mass is 10.1. The number of fused-ring (bicyclic) bond motifs is 1. The molecule has 0 saturated heterocycles. The molecule has 0 spiro atoms. The number of carbonyl (C=O) groups excluding carboxylic acids is 2. The van der Waals surface area contributed by atoms with Gasteiger partial charge in [0, 0.05) is 17.0 Å². The summed E-state index contributed by atoms with van der Waals surface area (Å²) in [4.78, 5) is 23.8. The lowest BCUT2D eigenvalue weighted by Gasteiger charge is -2.07. The van der Waals surface area contributed by atoms with Crippen LogP contribution < -0.4 is 10.1 Å². The zero-order chi connectivity index (χ0) is 20.8. The Morgan fingerprint density at radius 1 is 1.10 bits per heavy atom. The summed E-state index contributed by atoms with van der Waals surface area (Å²) in [5.74, 6) is -1.20. The van der Waals surface area contributed by atoms with E-state index in [9.17, 15) is 18.4 Å². The summed E-state index contributed by atoms with van der Waals surface area (Å²) in [6, 6.07) is 12.5. The number of amides is 1. The summed E-state index contributed by atoms with van der Waals surface area (Å²) < 4.78 is 38.8. The molecule has 0 fully saturated rings. The van der Waals surface area contributed by atoms with Gasteiger partial charge in [0.15, 0.2) is 6.61 Å². The Kier molecular flexibility index (Phi) is 6.66. The molecule has 1 N–H and O–H groups in total. The number of hydrogen-bond acceptors (Lipinski definition) is 5. The van der Waals surface area contributed by atoms with Crippen molar-refractivity contribution in [3.8, 4) is 5.75 Å². The maximum absolute atomic E-state index is 12.1. The minimum Gasteiger partial charge on any atom is -0.450 e. The average Bonchev–Trinajstić information content (AvgIpc) is 3.10. The molecular weight excluding hydrogens is 408 g/mol. The number of hydrogen-bond donors (Lipinski definition) is 1. The predicted octanol–water partition coefficient (Wildman–Crippen LogP) is 4.20. The highest BCUT2D eigenvalue weighted by Gasteiger charge is 2.15. The van der Waals surface area contributed by atoms with Gasteiger partial charge < -0.3 is 19.2 Å². The molecule has 0 saturated carbocycles. The van der Waals surface area contributed by atoms with E-state index >= 15 is 0 Å². The third-order valence-electron chi connectivity index (χ3n) is 3.90. The molecule has 0 unspecified atom stereocenters. The third kappa shape index (κ3) is 5.92. The van der Waals surface area contributed by atoms with Crippen LogP contribution in [0.2, 0.25) is 5.02 Å². The van der Waals surface area contributed by atoms with Crippen molar-refractivity contribution >= 4 is 34.4 Å². The van der Waals surface area contributed by atoms with Gasteiger partial charge in [0.05, 0.1) is 0 Å². The number of esters is 1. The van der Waals surface area contributed by atoms with Crippen LogP contribution in [0.25, 0.3) is 11.0 Å². The number of halogens is 3. The Labute approximate surface area is 169 Å². The highest BCUT2D eigenvalue weighted by Crippen LogP contribution is 2.23. The first kappa shape index (κ1) is 20.6. The number of alkyl halides is 2. The summed E-state index contributed by atoms with van der Waals surface area (Å²) in [5.41, 5.74) is 1.31. The molecule has 3 aromatic rings. The van der Waals surface area contributed by atoms with Crippen LogP contribution in [0.4, 0.5) is 8.78 Å². The van der Waals surface area contributed by atoms with E-state index in [-0.39, 0.29) is 18.1 Å². The quantitative estimate of drug-likeness (QED) is 0.549. The predicted molar refractivity (Wildman–Crippen MR) is 101 cm³/mol. The van der Waals surface area contributed by atoms with E-state index in [0.29, 0.717) is 22.4 Å². The van der Waals surface area contributed by atoms with Crippen molar-refractivity contribution in [1.29, 1.82) is 0 Å². The zero-order valence-corrected chi connectivity index (χ0v) is 15.7. The normalized spacial score (nSPS) is 10.9. The monoisotopic (exact) mass is 423 g/mol. The fourth-order valence-electron chi connectivity index (χ4n) is 2.55. The van der Waals surface area contributed by atoms with Gasteiger partial charge in [-0.25, -0.2) is 4.79 Å². The van der Waals surface area contributed by atoms with Crippen molar-refractivity contribution < 1.29 is 32.3 Å². The molecule has 9 heteroatoms. The van der Waals surface area contributed by atoms with Crippen molar-refractivity contribution in [1.82, 2.24) is 5.32 Å². The summed E-state index contributed by atoms with van der Waals surface area (Å²) in [6.45, 7) is -3.05. The number of rotatable bonds is 8. The second kappa shape index (κ2) is 9.38. The minimum atomic E-state index is -2.87. The van der Waals surface area contributed by atoms with Gasteiger partial charge in [-0.3, -0.25) is 4.79 Å². The molecule has 29 heavy (non-hydrogen) atoms. The lowest BCUT2D eigenvalue weighted by molar-refractivity contribution is -0.124. The van der Waals surface area contributed by atoms with Crippen molar-refractivity contribution in [2.24, 2.45) is 0 Å². The number of benzene rings is 2. The molecule has 1 amide bonds. The zero-order valence-electron chi connectivity index (χ0n) is 15.0. The van der Waals surface area contributed by atoms with Crippen LogP contribution in [0, 0.1) is 0 Å². The number of carbonyl (C=O) groups is 2. The van der Waals surface area contributed by atoms with Crippen molar-refractivity contribution in [3.63, 3.8) is 0 Å². The first-order chi connectivity index (χ1) is 13.9. The largest absolute Gasteiger partial charge is 0.450 e. The molecule has 3 rings (SSSR count). The van der Waals surface area contributed by atoms with Gasteiger partial charge in [-0.05, 0) is 48.4 Å². The van der Waals surface area contributed by atoms with Gasteiger partial charge in [-0.1, -0.05) is 23.7 Å². The summed E-state index contributed by atoms with van der Waals surface area (Å²) in [5, 5.41) is 3.76. The van der Waals surface area contributed by atoms with Gasteiger partial charge in [-0.2, -0.15) is 8.78 Å². The minimum absolute atomic E-state index is 0.0267. The molecular formula is C20H16ClF2NO5. The molecule has 0 atom stereocenters. The Morgan fingerprint density at radius 2 is 1.86 bits per heavy atom. The molecule has 0 radical (unpaired) electrons. The van der Waals surface area contributed by atoms with E-state index in [0.717, 1.165) is 5.56 Å². The lowest BCUT2D eigenvalue weighted by Crippen LogP contribution is -2.30. The Balaban J connectivity index is 1.41. The fraction of sp³-hybridized carbons (Fsp3) is 0.200. The van der Waals surface area contributed by atoms with E-state index < -0.39 is 25.1 Å². The van der Waals surface area contributed by atoms with Gasteiger partial charge in [0.25, 0.3) is 5.91 Å². The Hall–Kier alpha value is -3.13. The van der Waals surface area contributed by atoms with Gasteiger partial charge >= 0.3 is 12.6 Å². The molecule has 0 aliphatic heterocycles. The van der Waals surface area contributed by atoms with E-state index in [2.05, 4.69) is 10.1 Å². The van der Waals surface area contributed by atoms with E-state index in [1.54, 1.807) is 30.3 Å². The van der Waals surface area contributed by atoms with Crippen LogP contribution in [-0.4, -0.2) is 31.6 Å². The molecule has 152 valence electrons. The summed E-state index contributed by atoms with van der Waals surface area (Å²) >= 11 is 5.88. The first-order valence-corrected chi connectivity index (χ1v) is 8.95. The van der Waals surface area contributed by atoms with Gasteiger partial charge in [0.1, 0.15) is 11.3 Å². The maximum atomic E-state index is 12.1. The molecule has 0 bridgehead atoms.